The Bertz CT molecular complexity index is 585. The van der Waals surface area contributed by atoms with Gasteiger partial charge < -0.3 is 9.88 Å². The predicted molar refractivity (Wildman–Crippen MR) is 88.3 cm³/mol. The van der Waals surface area contributed by atoms with Crippen LogP contribution in [0.1, 0.15) is 44.9 Å². The van der Waals surface area contributed by atoms with Gasteiger partial charge in [-0.3, -0.25) is 4.68 Å². The van der Waals surface area contributed by atoms with E-state index < -0.39 is 0 Å². The van der Waals surface area contributed by atoms with Gasteiger partial charge in [0.25, 0.3) is 0 Å². The zero-order chi connectivity index (χ0) is 15.4. The molecule has 6 heteroatoms. The molecule has 2 aromatic rings. The predicted octanol–water partition coefficient (Wildman–Crippen LogP) is 2.97. The zero-order valence-electron chi connectivity index (χ0n) is 13.2. The third kappa shape index (κ3) is 3.74. The molecule has 116 valence electrons. The van der Waals surface area contributed by atoms with Crippen LogP contribution in [0.2, 0.25) is 0 Å². The minimum atomic E-state index is 0.453. The Labute approximate surface area is 134 Å². The Kier molecular flexibility index (Phi) is 5.58. The number of aryl methyl sites for hydroxylation is 2. The summed E-state index contributed by atoms with van der Waals surface area (Å²) in [7, 11) is 0. The van der Waals surface area contributed by atoms with Crippen LogP contribution in [0.25, 0.3) is 0 Å². The molecule has 0 aliphatic carbocycles. The van der Waals surface area contributed by atoms with Gasteiger partial charge in [-0.25, -0.2) is 4.98 Å². The molecule has 2 aromatic heterocycles. The summed E-state index contributed by atoms with van der Waals surface area (Å²) in [5.74, 6) is 1.05. The number of nitrogens with zero attached hydrogens (tertiary/aromatic N) is 4. The maximum absolute atomic E-state index is 4.65. The normalized spacial score (nSPS) is 11.5. The number of halogens is 1. The molecule has 21 heavy (non-hydrogen) atoms. The van der Waals surface area contributed by atoms with Crippen LogP contribution in [0.5, 0.6) is 0 Å². The smallest absolute Gasteiger partial charge is 0.123 e. The van der Waals surface area contributed by atoms with Gasteiger partial charge in [-0.2, -0.15) is 5.10 Å². The lowest BCUT2D eigenvalue weighted by atomic mass is 10.3. The highest BCUT2D eigenvalue weighted by Gasteiger charge is 2.15. The fourth-order valence-corrected chi connectivity index (χ4v) is 2.97. The summed E-state index contributed by atoms with van der Waals surface area (Å²) < 4.78 is 5.38. The van der Waals surface area contributed by atoms with Gasteiger partial charge in [-0.15, -0.1) is 0 Å². The average molecular weight is 354 g/mol. The standard InChI is InChI=1S/C15H24BrN5/c1-5-12-15(16)13(21(6-2)19-12)10-20-8-7-17-14(20)9-18-11(3)4/h7-8,11,18H,5-6,9-10H2,1-4H3. The number of imidazole rings is 1. The van der Waals surface area contributed by atoms with Gasteiger partial charge in [0.15, 0.2) is 0 Å². The maximum atomic E-state index is 4.65. The summed E-state index contributed by atoms with van der Waals surface area (Å²) in [6.45, 7) is 11.0. The molecule has 0 bridgehead atoms. The first kappa shape index (κ1) is 16.2. The van der Waals surface area contributed by atoms with Crippen molar-refractivity contribution < 1.29 is 0 Å². The van der Waals surface area contributed by atoms with Crippen LogP contribution in [0.4, 0.5) is 0 Å². The van der Waals surface area contributed by atoms with Gasteiger partial charge in [-0.05, 0) is 29.3 Å². The van der Waals surface area contributed by atoms with E-state index >= 15 is 0 Å². The molecule has 0 unspecified atom stereocenters. The largest absolute Gasteiger partial charge is 0.328 e. The third-order valence-corrected chi connectivity index (χ3v) is 4.40. The van der Waals surface area contributed by atoms with E-state index in [0.29, 0.717) is 6.04 Å². The lowest BCUT2D eigenvalue weighted by molar-refractivity contribution is 0.541. The molecule has 2 rings (SSSR count). The molecular weight excluding hydrogens is 330 g/mol. The maximum Gasteiger partial charge on any atom is 0.123 e. The minimum Gasteiger partial charge on any atom is -0.328 e. The van der Waals surface area contributed by atoms with Crippen molar-refractivity contribution in [3.63, 3.8) is 0 Å². The SMILES string of the molecule is CCc1nn(CC)c(Cn2ccnc2CNC(C)C)c1Br. The number of rotatable bonds is 7. The van der Waals surface area contributed by atoms with Crippen molar-refractivity contribution in [1.29, 1.82) is 0 Å². The van der Waals surface area contributed by atoms with Crippen LogP contribution in [0.15, 0.2) is 16.9 Å². The zero-order valence-corrected chi connectivity index (χ0v) is 14.8. The second-order valence-corrected chi connectivity index (χ2v) is 6.18. The number of nitrogens with one attached hydrogen (secondary N) is 1. The molecule has 5 nitrogen and oxygen atoms in total. The van der Waals surface area contributed by atoms with Crippen LogP contribution in [-0.4, -0.2) is 25.4 Å². The first-order valence-electron chi connectivity index (χ1n) is 7.54. The first-order chi connectivity index (χ1) is 10.1. The van der Waals surface area contributed by atoms with Gasteiger partial charge in [0, 0.05) is 25.0 Å². The Morgan fingerprint density at radius 1 is 1.33 bits per heavy atom. The van der Waals surface area contributed by atoms with Crippen LogP contribution in [-0.2, 0) is 26.1 Å². The summed E-state index contributed by atoms with van der Waals surface area (Å²) >= 11 is 3.70. The third-order valence-electron chi connectivity index (χ3n) is 3.48. The quantitative estimate of drug-likeness (QED) is 0.832. The molecule has 1 N–H and O–H groups in total. The highest BCUT2D eigenvalue weighted by Crippen LogP contribution is 2.23. The van der Waals surface area contributed by atoms with E-state index in [0.717, 1.165) is 42.0 Å². The molecular formula is C15H24BrN5. The second kappa shape index (κ2) is 7.22. The Morgan fingerprint density at radius 2 is 2.10 bits per heavy atom. The molecule has 0 fully saturated rings. The monoisotopic (exact) mass is 353 g/mol. The summed E-state index contributed by atoms with van der Waals surface area (Å²) in [6, 6.07) is 0.453. The summed E-state index contributed by atoms with van der Waals surface area (Å²) in [5.41, 5.74) is 2.33. The molecule has 0 aliphatic rings. The molecule has 0 amide bonds. The van der Waals surface area contributed by atoms with Gasteiger partial charge in [0.1, 0.15) is 5.82 Å². The molecule has 0 aliphatic heterocycles. The summed E-state index contributed by atoms with van der Waals surface area (Å²) in [4.78, 5) is 4.45. The van der Waals surface area contributed by atoms with Gasteiger partial charge in [0.2, 0.25) is 0 Å². The van der Waals surface area contributed by atoms with E-state index in [9.17, 15) is 0 Å². The van der Waals surface area contributed by atoms with E-state index in [1.54, 1.807) is 0 Å². The van der Waals surface area contributed by atoms with Gasteiger partial charge in [0.05, 0.1) is 29.0 Å². The molecule has 2 heterocycles. The summed E-state index contributed by atoms with van der Waals surface area (Å²) in [6.07, 6.45) is 4.83. The molecule has 0 saturated carbocycles. The van der Waals surface area contributed by atoms with Crippen molar-refractivity contribution in [3.8, 4) is 0 Å². The molecule has 0 spiro atoms. The van der Waals surface area contributed by atoms with E-state index in [1.807, 2.05) is 12.4 Å². The Morgan fingerprint density at radius 3 is 2.71 bits per heavy atom. The average Bonchev–Trinajstić information content (AvgIpc) is 3.02. The number of aromatic nitrogens is 4. The molecule has 0 radical (unpaired) electrons. The van der Waals surface area contributed by atoms with Crippen molar-refractivity contribution >= 4 is 15.9 Å². The minimum absolute atomic E-state index is 0.453. The second-order valence-electron chi connectivity index (χ2n) is 5.38. The highest BCUT2D eigenvalue weighted by atomic mass is 79.9. The Balaban J connectivity index is 2.22. The van der Waals surface area contributed by atoms with Crippen molar-refractivity contribution in [3.05, 3.63) is 34.1 Å². The summed E-state index contributed by atoms with van der Waals surface area (Å²) in [5, 5.41) is 8.07. The van der Waals surface area contributed by atoms with Crippen LogP contribution in [0, 0.1) is 0 Å². The van der Waals surface area contributed by atoms with E-state index in [-0.39, 0.29) is 0 Å². The van der Waals surface area contributed by atoms with Crippen molar-refractivity contribution in [2.45, 2.75) is 59.8 Å². The van der Waals surface area contributed by atoms with Crippen LogP contribution >= 0.6 is 15.9 Å². The lowest BCUT2D eigenvalue weighted by Gasteiger charge is -2.12. The highest BCUT2D eigenvalue weighted by molar-refractivity contribution is 9.10. The topological polar surface area (TPSA) is 47.7 Å². The lowest BCUT2D eigenvalue weighted by Crippen LogP contribution is -2.24. The molecule has 0 atom stereocenters. The number of hydrogen-bond donors (Lipinski definition) is 1. The van der Waals surface area contributed by atoms with E-state index in [1.165, 1.54) is 5.69 Å². The van der Waals surface area contributed by atoms with Crippen molar-refractivity contribution in [2.24, 2.45) is 0 Å². The van der Waals surface area contributed by atoms with E-state index in [2.05, 4.69) is 68.3 Å². The Hall–Kier alpha value is -1.14. The first-order valence-corrected chi connectivity index (χ1v) is 8.33. The molecule has 0 aromatic carbocycles. The molecule has 0 saturated heterocycles. The fourth-order valence-electron chi connectivity index (χ4n) is 2.28. The fraction of sp³-hybridized carbons (Fsp3) is 0.600. The van der Waals surface area contributed by atoms with E-state index in [4.69, 9.17) is 0 Å². The van der Waals surface area contributed by atoms with Gasteiger partial charge in [-0.1, -0.05) is 20.8 Å². The van der Waals surface area contributed by atoms with Gasteiger partial charge >= 0.3 is 0 Å². The van der Waals surface area contributed by atoms with Crippen LogP contribution in [0.3, 0.4) is 0 Å². The van der Waals surface area contributed by atoms with Crippen LogP contribution < -0.4 is 5.32 Å². The van der Waals surface area contributed by atoms with Crippen molar-refractivity contribution in [1.82, 2.24) is 24.6 Å². The number of hydrogen-bond acceptors (Lipinski definition) is 3. The van der Waals surface area contributed by atoms with Crippen molar-refractivity contribution in [2.75, 3.05) is 0 Å².